The van der Waals surface area contributed by atoms with Crippen LogP contribution in [0.4, 0.5) is 5.82 Å². The zero-order valence-electron chi connectivity index (χ0n) is 12.2. The molecule has 1 aromatic rings. The average Bonchev–Trinajstić information content (AvgIpc) is 2.39. The zero-order valence-corrected chi connectivity index (χ0v) is 12.2. The van der Waals surface area contributed by atoms with E-state index < -0.39 is 0 Å². The molecule has 1 unspecified atom stereocenters. The van der Waals surface area contributed by atoms with Crippen LogP contribution in [0.15, 0.2) is 12.1 Å². The summed E-state index contributed by atoms with van der Waals surface area (Å²) in [6.45, 7) is 10.4. The van der Waals surface area contributed by atoms with E-state index in [1.807, 2.05) is 6.92 Å². The van der Waals surface area contributed by atoms with Gasteiger partial charge in [-0.15, -0.1) is 0 Å². The Kier molecular flexibility index (Phi) is 6.13. The molecule has 0 bridgehead atoms. The molecule has 0 saturated heterocycles. The second kappa shape index (κ2) is 7.37. The smallest absolute Gasteiger partial charge is 0.129 e. The predicted octanol–water partition coefficient (Wildman–Crippen LogP) is 3.25. The lowest BCUT2D eigenvalue weighted by molar-refractivity contribution is 0.589. The molecule has 0 spiro atoms. The van der Waals surface area contributed by atoms with Gasteiger partial charge < -0.3 is 10.6 Å². The molecule has 1 heterocycles. The molecule has 1 aromatic heterocycles. The first-order valence-corrected chi connectivity index (χ1v) is 7.07. The highest BCUT2D eigenvalue weighted by Gasteiger charge is 2.14. The number of pyridine rings is 1. The van der Waals surface area contributed by atoms with E-state index in [1.54, 1.807) is 0 Å². The first-order valence-electron chi connectivity index (χ1n) is 7.07. The van der Waals surface area contributed by atoms with Gasteiger partial charge in [0, 0.05) is 24.8 Å². The summed E-state index contributed by atoms with van der Waals surface area (Å²) >= 11 is 0. The van der Waals surface area contributed by atoms with Crippen LogP contribution in [0.5, 0.6) is 0 Å². The third-order valence-corrected chi connectivity index (χ3v) is 3.57. The van der Waals surface area contributed by atoms with Crippen LogP contribution < -0.4 is 10.6 Å². The molecule has 1 rings (SSSR count). The van der Waals surface area contributed by atoms with Crippen molar-refractivity contribution in [2.75, 3.05) is 11.4 Å². The van der Waals surface area contributed by atoms with Gasteiger partial charge in [-0.25, -0.2) is 4.98 Å². The third-order valence-electron chi connectivity index (χ3n) is 3.57. The molecule has 0 aliphatic heterocycles. The van der Waals surface area contributed by atoms with Crippen LogP contribution in [-0.2, 0) is 6.54 Å². The van der Waals surface area contributed by atoms with Gasteiger partial charge in [0.1, 0.15) is 5.82 Å². The molecular weight excluding hydrogens is 222 g/mol. The highest BCUT2D eigenvalue weighted by Crippen LogP contribution is 2.19. The van der Waals surface area contributed by atoms with Crippen molar-refractivity contribution in [1.29, 1.82) is 0 Å². The quantitative estimate of drug-likeness (QED) is 0.806. The summed E-state index contributed by atoms with van der Waals surface area (Å²) < 4.78 is 0. The van der Waals surface area contributed by atoms with E-state index in [1.165, 1.54) is 12.8 Å². The SMILES string of the molecule is CCCCN(c1ccc(CN)c(C)n1)C(C)CC. The van der Waals surface area contributed by atoms with Crippen LogP contribution in [0.1, 0.15) is 51.3 Å². The molecule has 0 saturated carbocycles. The van der Waals surface area contributed by atoms with E-state index in [0.29, 0.717) is 12.6 Å². The minimum atomic E-state index is 0.534. The van der Waals surface area contributed by atoms with Crippen LogP contribution >= 0.6 is 0 Å². The first-order chi connectivity index (χ1) is 8.63. The number of hydrogen-bond donors (Lipinski definition) is 1. The molecule has 0 aliphatic carbocycles. The minimum Gasteiger partial charge on any atom is -0.354 e. The summed E-state index contributed by atoms with van der Waals surface area (Å²) in [5.74, 6) is 1.09. The summed E-state index contributed by atoms with van der Waals surface area (Å²) in [5.41, 5.74) is 7.88. The van der Waals surface area contributed by atoms with Crippen molar-refractivity contribution in [3.05, 3.63) is 23.4 Å². The Morgan fingerprint density at radius 3 is 2.56 bits per heavy atom. The molecule has 102 valence electrons. The zero-order chi connectivity index (χ0) is 13.5. The molecule has 2 N–H and O–H groups in total. The number of rotatable bonds is 7. The summed E-state index contributed by atoms with van der Waals surface area (Å²) in [6, 6.07) is 4.75. The van der Waals surface area contributed by atoms with Crippen molar-refractivity contribution in [1.82, 2.24) is 4.98 Å². The Morgan fingerprint density at radius 2 is 2.06 bits per heavy atom. The summed E-state index contributed by atoms with van der Waals surface area (Å²) in [7, 11) is 0. The maximum Gasteiger partial charge on any atom is 0.129 e. The summed E-state index contributed by atoms with van der Waals surface area (Å²) in [6.07, 6.45) is 3.57. The van der Waals surface area contributed by atoms with E-state index >= 15 is 0 Å². The molecule has 0 aliphatic rings. The number of aryl methyl sites for hydroxylation is 1. The highest BCUT2D eigenvalue weighted by atomic mass is 15.2. The van der Waals surface area contributed by atoms with Crippen molar-refractivity contribution in [2.45, 2.75) is 59.5 Å². The van der Waals surface area contributed by atoms with Crippen molar-refractivity contribution < 1.29 is 0 Å². The van der Waals surface area contributed by atoms with E-state index in [4.69, 9.17) is 10.7 Å². The monoisotopic (exact) mass is 249 g/mol. The fraction of sp³-hybridized carbons (Fsp3) is 0.667. The first kappa shape index (κ1) is 15.0. The molecule has 0 amide bonds. The average molecular weight is 249 g/mol. The summed E-state index contributed by atoms with van der Waals surface area (Å²) in [4.78, 5) is 7.13. The maximum atomic E-state index is 5.69. The standard InChI is InChI=1S/C15H27N3/c1-5-7-10-18(12(3)6-2)15-9-8-14(11-16)13(4)17-15/h8-9,12H,5-7,10-11,16H2,1-4H3. The molecule has 0 radical (unpaired) electrons. The minimum absolute atomic E-state index is 0.534. The number of nitrogens with two attached hydrogens (primary N) is 1. The van der Waals surface area contributed by atoms with Gasteiger partial charge in [0.05, 0.1) is 0 Å². The number of hydrogen-bond acceptors (Lipinski definition) is 3. The maximum absolute atomic E-state index is 5.69. The van der Waals surface area contributed by atoms with Gasteiger partial charge in [-0.05, 0) is 38.3 Å². The van der Waals surface area contributed by atoms with Gasteiger partial charge in [0.15, 0.2) is 0 Å². The lowest BCUT2D eigenvalue weighted by Crippen LogP contribution is -2.34. The number of anilines is 1. The Bertz CT molecular complexity index is 363. The van der Waals surface area contributed by atoms with Crippen molar-refractivity contribution >= 4 is 5.82 Å². The Labute approximate surface area is 111 Å². The van der Waals surface area contributed by atoms with Crippen LogP contribution in [0, 0.1) is 6.92 Å². The van der Waals surface area contributed by atoms with Gasteiger partial charge >= 0.3 is 0 Å². The second-order valence-corrected chi connectivity index (χ2v) is 4.92. The van der Waals surface area contributed by atoms with Crippen LogP contribution in [0.2, 0.25) is 0 Å². The number of aromatic nitrogens is 1. The molecule has 3 heteroatoms. The molecule has 0 aromatic carbocycles. The molecule has 3 nitrogen and oxygen atoms in total. The molecular formula is C15H27N3. The van der Waals surface area contributed by atoms with Gasteiger partial charge in [-0.2, -0.15) is 0 Å². The number of unbranched alkanes of at least 4 members (excludes halogenated alkanes) is 1. The predicted molar refractivity (Wildman–Crippen MR) is 78.9 cm³/mol. The Hall–Kier alpha value is -1.09. The normalized spacial score (nSPS) is 12.5. The number of nitrogens with zero attached hydrogens (tertiary/aromatic N) is 2. The van der Waals surface area contributed by atoms with Crippen LogP contribution in [0.25, 0.3) is 0 Å². The van der Waals surface area contributed by atoms with Crippen molar-refractivity contribution in [3.8, 4) is 0 Å². The van der Waals surface area contributed by atoms with Gasteiger partial charge in [-0.1, -0.05) is 26.3 Å². The fourth-order valence-electron chi connectivity index (χ4n) is 2.06. The largest absolute Gasteiger partial charge is 0.354 e. The lowest BCUT2D eigenvalue weighted by Gasteiger charge is -2.30. The van der Waals surface area contributed by atoms with Gasteiger partial charge in [-0.3, -0.25) is 0 Å². The van der Waals surface area contributed by atoms with E-state index in [9.17, 15) is 0 Å². The lowest BCUT2D eigenvalue weighted by atomic mass is 10.1. The summed E-state index contributed by atoms with van der Waals surface area (Å²) in [5, 5.41) is 0. The highest BCUT2D eigenvalue weighted by molar-refractivity contribution is 5.42. The molecule has 1 atom stereocenters. The van der Waals surface area contributed by atoms with Crippen LogP contribution in [-0.4, -0.2) is 17.6 Å². The second-order valence-electron chi connectivity index (χ2n) is 4.92. The molecule has 0 fully saturated rings. The van der Waals surface area contributed by atoms with Crippen molar-refractivity contribution in [3.63, 3.8) is 0 Å². The third kappa shape index (κ3) is 3.70. The van der Waals surface area contributed by atoms with Gasteiger partial charge in [0.2, 0.25) is 0 Å². The topological polar surface area (TPSA) is 42.1 Å². The van der Waals surface area contributed by atoms with Gasteiger partial charge in [0.25, 0.3) is 0 Å². The van der Waals surface area contributed by atoms with E-state index in [0.717, 1.165) is 30.0 Å². The van der Waals surface area contributed by atoms with Crippen molar-refractivity contribution in [2.24, 2.45) is 5.73 Å². The van der Waals surface area contributed by atoms with Crippen LogP contribution in [0.3, 0.4) is 0 Å². The fourth-order valence-corrected chi connectivity index (χ4v) is 2.06. The Balaban J connectivity index is 2.93. The Morgan fingerprint density at radius 1 is 1.33 bits per heavy atom. The molecule has 18 heavy (non-hydrogen) atoms. The van der Waals surface area contributed by atoms with E-state index in [-0.39, 0.29) is 0 Å². The van der Waals surface area contributed by atoms with E-state index in [2.05, 4.69) is 37.8 Å².